The van der Waals surface area contributed by atoms with Gasteiger partial charge in [-0.3, -0.25) is 0 Å². The van der Waals surface area contributed by atoms with Gasteiger partial charge in [0.15, 0.2) is 0 Å². The summed E-state index contributed by atoms with van der Waals surface area (Å²) < 4.78 is 16.7. The van der Waals surface area contributed by atoms with Gasteiger partial charge in [-0.15, -0.1) is 0 Å². The molecule has 0 aromatic heterocycles. The summed E-state index contributed by atoms with van der Waals surface area (Å²) in [5.74, 6) is 2.12. The zero-order valence-electron chi connectivity index (χ0n) is 13.4. The van der Waals surface area contributed by atoms with Crippen molar-refractivity contribution in [2.75, 3.05) is 14.2 Å². The van der Waals surface area contributed by atoms with Crippen molar-refractivity contribution in [1.29, 1.82) is 0 Å². The maximum absolute atomic E-state index is 6.20. The van der Waals surface area contributed by atoms with Crippen LogP contribution in [0.2, 0.25) is 0 Å². The highest BCUT2D eigenvalue weighted by atomic mass is 16.5. The van der Waals surface area contributed by atoms with Crippen molar-refractivity contribution in [1.82, 2.24) is 0 Å². The molecule has 4 heteroatoms. The molecule has 2 N–H and O–H groups in total. The molecule has 0 amide bonds. The van der Waals surface area contributed by atoms with Crippen molar-refractivity contribution in [2.45, 2.75) is 46.3 Å². The third kappa shape index (κ3) is 4.30. The molecule has 2 unspecified atom stereocenters. The molecule has 4 nitrogen and oxygen atoms in total. The SMILES string of the molecule is CCC(N)C(Oc1cc(OC)cc(OC)c1)C(C)(C)C. The van der Waals surface area contributed by atoms with E-state index in [-0.39, 0.29) is 17.6 Å². The molecule has 1 aromatic rings. The summed E-state index contributed by atoms with van der Waals surface area (Å²) in [4.78, 5) is 0. The second-order valence-electron chi connectivity index (χ2n) is 6.02. The van der Waals surface area contributed by atoms with Gasteiger partial charge in [-0.25, -0.2) is 0 Å². The van der Waals surface area contributed by atoms with E-state index in [0.717, 1.165) is 6.42 Å². The number of hydrogen-bond acceptors (Lipinski definition) is 4. The molecule has 0 aliphatic carbocycles. The van der Waals surface area contributed by atoms with Crippen LogP contribution in [0.1, 0.15) is 34.1 Å². The predicted octanol–water partition coefficient (Wildman–Crippen LogP) is 3.23. The Morgan fingerprint density at radius 2 is 1.45 bits per heavy atom. The molecule has 0 saturated heterocycles. The lowest BCUT2D eigenvalue weighted by atomic mass is 9.84. The van der Waals surface area contributed by atoms with E-state index in [4.69, 9.17) is 19.9 Å². The van der Waals surface area contributed by atoms with Crippen LogP contribution in [-0.4, -0.2) is 26.4 Å². The Bertz CT molecular complexity index is 404. The van der Waals surface area contributed by atoms with E-state index >= 15 is 0 Å². The Hall–Kier alpha value is -1.42. The van der Waals surface area contributed by atoms with Crippen molar-refractivity contribution in [3.05, 3.63) is 18.2 Å². The number of ether oxygens (including phenoxy) is 3. The average molecular weight is 281 g/mol. The van der Waals surface area contributed by atoms with E-state index in [2.05, 4.69) is 27.7 Å². The Morgan fingerprint density at radius 1 is 1.00 bits per heavy atom. The van der Waals surface area contributed by atoms with E-state index in [1.54, 1.807) is 14.2 Å². The minimum absolute atomic E-state index is 0.0211. The Morgan fingerprint density at radius 3 is 1.80 bits per heavy atom. The largest absolute Gasteiger partial charge is 0.496 e. The smallest absolute Gasteiger partial charge is 0.127 e. The molecule has 20 heavy (non-hydrogen) atoms. The number of benzene rings is 1. The normalized spacial score (nSPS) is 14.6. The zero-order chi connectivity index (χ0) is 15.3. The van der Waals surface area contributed by atoms with Gasteiger partial charge < -0.3 is 19.9 Å². The monoisotopic (exact) mass is 281 g/mol. The first-order valence-electron chi connectivity index (χ1n) is 6.97. The van der Waals surface area contributed by atoms with Gasteiger partial charge in [0.2, 0.25) is 0 Å². The molecule has 114 valence electrons. The van der Waals surface area contributed by atoms with Gasteiger partial charge in [-0.2, -0.15) is 0 Å². The molecule has 0 aliphatic rings. The summed E-state index contributed by atoms with van der Waals surface area (Å²) in [6.45, 7) is 8.46. The standard InChI is InChI=1S/C16H27NO3/c1-7-14(17)15(16(2,3)4)20-13-9-11(18-5)8-12(10-13)19-6/h8-10,14-15H,7,17H2,1-6H3. The first kappa shape index (κ1) is 16.6. The Kier molecular flexibility index (Phi) is 5.69. The van der Waals surface area contributed by atoms with Crippen molar-refractivity contribution in [2.24, 2.45) is 11.1 Å². The van der Waals surface area contributed by atoms with Gasteiger partial charge >= 0.3 is 0 Å². The second-order valence-corrected chi connectivity index (χ2v) is 6.02. The third-order valence-electron chi connectivity index (χ3n) is 3.30. The fourth-order valence-corrected chi connectivity index (χ4v) is 2.12. The topological polar surface area (TPSA) is 53.7 Å². The Balaban J connectivity index is 3.04. The minimum Gasteiger partial charge on any atom is -0.496 e. The van der Waals surface area contributed by atoms with E-state index in [9.17, 15) is 0 Å². The molecule has 0 saturated carbocycles. The molecule has 2 atom stereocenters. The molecule has 1 rings (SSSR count). The fourth-order valence-electron chi connectivity index (χ4n) is 2.12. The molecule has 0 fully saturated rings. The minimum atomic E-state index is -0.0793. The van der Waals surface area contributed by atoms with E-state index in [0.29, 0.717) is 17.2 Å². The van der Waals surface area contributed by atoms with Gasteiger partial charge in [0.1, 0.15) is 23.4 Å². The molecule has 0 bridgehead atoms. The molecule has 0 radical (unpaired) electrons. The molecule has 1 aromatic carbocycles. The zero-order valence-corrected chi connectivity index (χ0v) is 13.4. The predicted molar refractivity (Wildman–Crippen MR) is 81.7 cm³/mol. The van der Waals surface area contributed by atoms with Crippen LogP contribution in [0.4, 0.5) is 0 Å². The summed E-state index contributed by atoms with van der Waals surface area (Å²) in [6.07, 6.45) is 0.785. The first-order chi connectivity index (χ1) is 9.31. The summed E-state index contributed by atoms with van der Waals surface area (Å²) in [6, 6.07) is 5.50. The van der Waals surface area contributed by atoms with Crippen LogP contribution in [0, 0.1) is 5.41 Å². The lowest BCUT2D eigenvalue weighted by Gasteiger charge is -2.35. The van der Waals surface area contributed by atoms with Crippen molar-refractivity contribution < 1.29 is 14.2 Å². The lowest BCUT2D eigenvalue weighted by Crippen LogP contribution is -2.47. The first-order valence-corrected chi connectivity index (χ1v) is 6.97. The third-order valence-corrected chi connectivity index (χ3v) is 3.30. The number of rotatable bonds is 6. The highest BCUT2D eigenvalue weighted by molar-refractivity contribution is 5.42. The van der Waals surface area contributed by atoms with Crippen LogP contribution in [0.3, 0.4) is 0 Å². The van der Waals surface area contributed by atoms with E-state index in [1.165, 1.54) is 0 Å². The van der Waals surface area contributed by atoms with Crippen LogP contribution < -0.4 is 19.9 Å². The van der Waals surface area contributed by atoms with Gasteiger partial charge in [0.05, 0.1) is 14.2 Å². The number of methoxy groups -OCH3 is 2. The molecule has 0 heterocycles. The van der Waals surface area contributed by atoms with Crippen LogP contribution in [0.25, 0.3) is 0 Å². The molecular weight excluding hydrogens is 254 g/mol. The molecule has 0 aliphatic heterocycles. The summed E-state index contributed by atoms with van der Waals surface area (Å²) in [7, 11) is 3.25. The summed E-state index contributed by atoms with van der Waals surface area (Å²) in [5.41, 5.74) is 6.15. The number of nitrogens with two attached hydrogens (primary N) is 1. The van der Waals surface area contributed by atoms with Crippen molar-refractivity contribution in [3.8, 4) is 17.2 Å². The lowest BCUT2D eigenvalue weighted by molar-refractivity contribution is 0.0617. The molecular formula is C16H27NO3. The maximum atomic E-state index is 6.20. The van der Waals surface area contributed by atoms with Crippen LogP contribution >= 0.6 is 0 Å². The highest BCUT2D eigenvalue weighted by Crippen LogP contribution is 2.32. The average Bonchev–Trinajstić information content (AvgIpc) is 2.42. The van der Waals surface area contributed by atoms with Crippen LogP contribution in [0.15, 0.2) is 18.2 Å². The van der Waals surface area contributed by atoms with Gasteiger partial charge in [0, 0.05) is 29.7 Å². The van der Waals surface area contributed by atoms with Crippen molar-refractivity contribution >= 4 is 0 Å². The van der Waals surface area contributed by atoms with Gasteiger partial charge in [-0.1, -0.05) is 27.7 Å². The van der Waals surface area contributed by atoms with Crippen LogP contribution in [0.5, 0.6) is 17.2 Å². The van der Waals surface area contributed by atoms with E-state index < -0.39 is 0 Å². The number of hydrogen-bond donors (Lipinski definition) is 1. The van der Waals surface area contributed by atoms with E-state index in [1.807, 2.05) is 18.2 Å². The van der Waals surface area contributed by atoms with Crippen molar-refractivity contribution in [3.63, 3.8) is 0 Å². The van der Waals surface area contributed by atoms with Gasteiger partial charge in [0.25, 0.3) is 0 Å². The van der Waals surface area contributed by atoms with Gasteiger partial charge in [-0.05, 0) is 6.42 Å². The Labute approximate surface area is 122 Å². The highest BCUT2D eigenvalue weighted by Gasteiger charge is 2.31. The fraction of sp³-hybridized carbons (Fsp3) is 0.625. The maximum Gasteiger partial charge on any atom is 0.127 e. The quantitative estimate of drug-likeness (QED) is 0.869. The summed E-state index contributed by atoms with van der Waals surface area (Å²) in [5, 5.41) is 0. The molecule has 0 spiro atoms. The van der Waals surface area contributed by atoms with Crippen LogP contribution in [-0.2, 0) is 0 Å². The second kappa shape index (κ2) is 6.84. The summed E-state index contributed by atoms with van der Waals surface area (Å²) >= 11 is 0.